The van der Waals surface area contributed by atoms with E-state index in [4.69, 9.17) is 19.6 Å². The molecule has 0 bridgehead atoms. The first-order chi connectivity index (χ1) is 12.2. The molecular formula is C20H32N4O2. The lowest BCUT2D eigenvalue weighted by Crippen LogP contribution is -2.31. The van der Waals surface area contributed by atoms with Gasteiger partial charge in [-0.3, -0.25) is 0 Å². The number of hydrogen-bond donors (Lipinski definition) is 0. The summed E-state index contributed by atoms with van der Waals surface area (Å²) >= 11 is 0. The Bertz CT molecular complexity index is 732. The molecule has 0 spiro atoms. The van der Waals surface area contributed by atoms with Crippen LogP contribution in [0, 0.1) is 0 Å². The molecule has 0 radical (unpaired) electrons. The number of likely N-dealkylation sites (N-methyl/N-ethyl adjacent to an activating group) is 1. The van der Waals surface area contributed by atoms with Gasteiger partial charge < -0.3 is 14.4 Å². The van der Waals surface area contributed by atoms with Gasteiger partial charge >= 0.3 is 0 Å². The van der Waals surface area contributed by atoms with E-state index in [2.05, 4.69) is 51.4 Å². The molecule has 0 fully saturated rings. The summed E-state index contributed by atoms with van der Waals surface area (Å²) in [5.41, 5.74) is 0.991. The van der Waals surface area contributed by atoms with E-state index >= 15 is 0 Å². The topological polar surface area (TPSA) is 52.4 Å². The monoisotopic (exact) mass is 360 g/mol. The zero-order valence-corrected chi connectivity index (χ0v) is 17.3. The van der Waals surface area contributed by atoms with E-state index in [9.17, 15) is 0 Å². The van der Waals surface area contributed by atoms with Crippen molar-refractivity contribution in [2.45, 2.75) is 52.1 Å². The standard InChI is InChI=1S/C20H32N4O2/c1-14(23(5)6)11-19-21-18(22-24(19)20(2,3)4)13-15-9-10-16(25-7)17(12-15)26-8/h9-10,12,14H,11,13H2,1-8H3/t14-/m1/s1. The minimum atomic E-state index is -0.107. The molecule has 1 heterocycles. The van der Waals surface area contributed by atoms with Crippen LogP contribution in [0.3, 0.4) is 0 Å². The quantitative estimate of drug-likeness (QED) is 0.759. The van der Waals surface area contributed by atoms with Gasteiger partial charge in [-0.1, -0.05) is 6.07 Å². The third-order valence-corrected chi connectivity index (χ3v) is 4.52. The highest BCUT2D eigenvalue weighted by molar-refractivity contribution is 5.43. The minimum Gasteiger partial charge on any atom is -0.493 e. The van der Waals surface area contributed by atoms with Gasteiger partial charge in [-0.05, 0) is 59.5 Å². The molecule has 0 amide bonds. The van der Waals surface area contributed by atoms with Crippen LogP contribution < -0.4 is 9.47 Å². The second-order valence-corrected chi connectivity index (χ2v) is 7.91. The molecule has 0 unspecified atom stereocenters. The first-order valence-corrected chi connectivity index (χ1v) is 8.98. The van der Waals surface area contributed by atoms with Gasteiger partial charge in [0.2, 0.25) is 0 Å². The predicted octanol–water partition coefficient (Wildman–Crippen LogP) is 3.13. The van der Waals surface area contributed by atoms with Crippen molar-refractivity contribution in [1.82, 2.24) is 19.7 Å². The van der Waals surface area contributed by atoms with E-state index in [-0.39, 0.29) is 5.54 Å². The Morgan fingerprint density at radius 1 is 1.12 bits per heavy atom. The maximum atomic E-state index is 5.40. The number of ether oxygens (including phenoxy) is 2. The van der Waals surface area contributed by atoms with Gasteiger partial charge in [0.25, 0.3) is 0 Å². The van der Waals surface area contributed by atoms with E-state index in [0.29, 0.717) is 12.5 Å². The van der Waals surface area contributed by atoms with Crippen LogP contribution in [0.15, 0.2) is 18.2 Å². The van der Waals surface area contributed by atoms with Crippen LogP contribution >= 0.6 is 0 Å². The summed E-state index contributed by atoms with van der Waals surface area (Å²) in [6.45, 7) is 8.68. The number of hydrogen-bond acceptors (Lipinski definition) is 5. The van der Waals surface area contributed by atoms with Gasteiger partial charge in [-0.15, -0.1) is 0 Å². The average Bonchev–Trinajstić information content (AvgIpc) is 2.97. The van der Waals surface area contributed by atoms with Crippen molar-refractivity contribution in [2.24, 2.45) is 0 Å². The average molecular weight is 361 g/mol. The fraction of sp³-hybridized carbons (Fsp3) is 0.600. The Hall–Kier alpha value is -2.08. The van der Waals surface area contributed by atoms with Crippen LogP contribution in [0.4, 0.5) is 0 Å². The maximum Gasteiger partial charge on any atom is 0.161 e. The van der Waals surface area contributed by atoms with Crippen LogP contribution in [0.25, 0.3) is 0 Å². The van der Waals surface area contributed by atoms with Crippen LogP contribution in [-0.2, 0) is 18.4 Å². The number of rotatable bonds is 7. The minimum absolute atomic E-state index is 0.107. The fourth-order valence-electron chi connectivity index (χ4n) is 2.76. The summed E-state index contributed by atoms with van der Waals surface area (Å²) in [6, 6.07) is 6.33. The first kappa shape index (κ1) is 20.2. The van der Waals surface area contributed by atoms with Crippen molar-refractivity contribution in [3.05, 3.63) is 35.4 Å². The molecule has 1 aromatic carbocycles. The van der Waals surface area contributed by atoms with Crippen molar-refractivity contribution in [3.63, 3.8) is 0 Å². The van der Waals surface area contributed by atoms with Crippen LogP contribution in [0.5, 0.6) is 11.5 Å². The summed E-state index contributed by atoms with van der Waals surface area (Å²) < 4.78 is 12.8. The molecular weight excluding hydrogens is 328 g/mol. The van der Waals surface area contributed by atoms with Crippen molar-refractivity contribution in [3.8, 4) is 11.5 Å². The van der Waals surface area contributed by atoms with Gasteiger partial charge in [0.15, 0.2) is 17.3 Å². The van der Waals surface area contributed by atoms with E-state index in [1.54, 1.807) is 14.2 Å². The number of nitrogens with zero attached hydrogens (tertiary/aromatic N) is 4. The zero-order valence-electron chi connectivity index (χ0n) is 17.3. The highest BCUT2D eigenvalue weighted by atomic mass is 16.5. The highest BCUT2D eigenvalue weighted by Gasteiger charge is 2.23. The SMILES string of the molecule is COc1ccc(Cc2nc(C[C@@H](C)N(C)C)n(C(C)(C)C)n2)cc1OC. The van der Waals surface area contributed by atoms with Crippen molar-refractivity contribution in [2.75, 3.05) is 28.3 Å². The van der Waals surface area contributed by atoms with Gasteiger partial charge in [0.05, 0.1) is 19.8 Å². The lowest BCUT2D eigenvalue weighted by molar-refractivity contribution is 0.287. The molecule has 0 saturated heterocycles. The molecule has 1 aromatic heterocycles. The normalized spacial score (nSPS) is 13.1. The summed E-state index contributed by atoms with van der Waals surface area (Å²) in [5.74, 6) is 3.30. The Morgan fingerprint density at radius 3 is 2.31 bits per heavy atom. The molecule has 2 aromatic rings. The van der Waals surface area contributed by atoms with Crippen LogP contribution in [0.2, 0.25) is 0 Å². The number of aromatic nitrogens is 3. The van der Waals surface area contributed by atoms with E-state index < -0.39 is 0 Å². The molecule has 0 aliphatic rings. The summed E-state index contributed by atoms with van der Waals surface area (Å²) in [7, 11) is 7.47. The van der Waals surface area contributed by atoms with Gasteiger partial charge in [0.1, 0.15) is 5.82 Å². The lowest BCUT2D eigenvalue weighted by atomic mass is 10.1. The lowest BCUT2D eigenvalue weighted by Gasteiger charge is -2.24. The van der Waals surface area contributed by atoms with Gasteiger partial charge in [-0.2, -0.15) is 5.10 Å². The van der Waals surface area contributed by atoms with Gasteiger partial charge in [0, 0.05) is 18.9 Å². The molecule has 26 heavy (non-hydrogen) atoms. The largest absolute Gasteiger partial charge is 0.493 e. The second kappa shape index (κ2) is 8.08. The third kappa shape index (κ3) is 4.75. The first-order valence-electron chi connectivity index (χ1n) is 8.98. The number of benzene rings is 1. The number of methoxy groups -OCH3 is 2. The Labute approximate surface area is 157 Å². The van der Waals surface area contributed by atoms with E-state index in [0.717, 1.165) is 35.1 Å². The summed E-state index contributed by atoms with van der Waals surface area (Å²) in [5, 5.41) is 4.80. The molecule has 0 saturated carbocycles. The van der Waals surface area contributed by atoms with Crippen LogP contribution in [-0.4, -0.2) is 54.0 Å². The predicted molar refractivity (Wildman–Crippen MR) is 104 cm³/mol. The molecule has 0 aliphatic carbocycles. The van der Waals surface area contributed by atoms with E-state index in [1.807, 2.05) is 18.2 Å². The molecule has 0 aliphatic heterocycles. The summed E-state index contributed by atoms with van der Waals surface area (Å²) in [6.07, 6.45) is 1.52. The molecule has 2 rings (SSSR count). The maximum absolute atomic E-state index is 5.40. The van der Waals surface area contributed by atoms with E-state index in [1.165, 1.54) is 0 Å². The second-order valence-electron chi connectivity index (χ2n) is 7.91. The Kier molecular flexibility index (Phi) is 6.29. The third-order valence-electron chi connectivity index (χ3n) is 4.52. The zero-order chi connectivity index (χ0) is 19.5. The molecule has 1 atom stereocenters. The van der Waals surface area contributed by atoms with Crippen molar-refractivity contribution >= 4 is 0 Å². The van der Waals surface area contributed by atoms with Gasteiger partial charge in [-0.25, -0.2) is 9.67 Å². The molecule has 144 valence electrons. The summed E-state index contributed by atoms with van der Waals surface area (Å²) in [4.78, 5) is 7.05. The molecule has 6 nitrogen and oxygen atoms in total. The Morgan fingerprint density at radius 2 is 1.77 bits per heavy atom. The van der Waals surface area contributed by atoms with Crippen molar-refractivity contribution in [1.29, 1.82) is 0 Å². The highest BCUT2D eigenvalue weighted by Crippen LogP contribution is 2.28. The molecule has 6 heteroatoms. The van der Waals surface area contributed by atoms with Crippen LogP contribution in [0.1, 0.15) is 44.9 Å². The smallest absolute Gasteiger partial charge is 0.161 e. The molecule has 0 N–H and O–H groups in total. The van der Waals surface area contributed by atoms with Crippen molar-refractivity contribution < 1.29 is 9.47 Å². The fourth-order valence-corrected chi connectivity index (χ4v) is 2.76. The Balaban J connectivity index is 2.31.